The summed E-state index contributed by atoms with van der Waals surface area (Å²) in [5, 5.41) is 11.2. The maximum atomic E-state index is 12.8. The van der Waals surface area contributed by atoms with Crippen LogP contribution in [0.5, 0.6) is 0 Å². The molecule has 0 amide bonds. The third kappa shape index (κ3) is 4.77. The smallest absolute Gasteiger partial charge is 0.343 e. The highest BCUT2D eigenvalue weighted by Gasteiger charge is 2.22. The molecule has 10 nitrogen and oxygen atoms in total. The van der Waals surface area contributed by atoms with Crippen LogP contribution in [-0.4, -0.2) is 46.6 Å². The Hall–Kier alpha value is -3.27. The SMILES string of the molecule is COCCCn1c(C)cc(C(=O)Cn2cc([N+](=O)[O-])cc(C(=O)OC)c2=O)c1C. The molecule has 0 N–H and O–H groups in total. The Bertz CT molecular complexity index is 1000. The maximum Gasteiger partial charge on any atom is 0.343 e. The van der Waals surface area contributed by atoms with Gasteiger partial charge in [0.1, 0.15) is 5.56 Å². The Kier molecular flexibility index (Phi) is 7.05. The van der Waals surface area contributed by atoms with Gasteiger partial charge in [0.25, 0.3) is 11.2 Å². The average Bonchev–Trinajstić information content (AvgIpc) is 2.97. The molecule has 2 rings (SSSR count). The van der Waals surface area contributed by atoms with Gasteiger partial charge in [-0.15, -0.1) is 0 Å². The molecule has 0 fully saturated rings. The molecule has 2 heterocycles. The van der Waals surface area contributed by atoms with Crippen molar-refractivity contribution < 1.29 is 24.0 Å². The number of hydrogen-bond donors (Lipinski definition) is 0. The summed E-state index contributed by atoms with van der Waals surface area (Å²) < 4.78 is 12.4. The quantitative estimate of drug-likeness (QED) is 0.205. The molecule has 0 spiro atoms. The molecule has 2 aromatic heterocycles. The number of hydrogen-bond acceptors (Lipinski definition) is 7. The Balaban J connectivity index is 2.39. The molecule has 0 bridgehead atoms. The summed E-state index contributed by atoms with van der Waals surface area (Å²) >= 11 is 0. The Morgan fingerprint density at radius 1 is 1.17 bits per heavy atom. The molecule has 0 saturated carbocycles. The number of aromatic nitrogens is 2. The first-order chi connectivity index (χ1) is 13.7. The van der Waals surface area contributed by atoms with Crippen molar-refractivity contribution >= 4 is 17.4 Å². The summed E-state index contributed by atoms with van der Waals surface area (Å²) in [5.74, 6) is -1.40. The van der Waals surface area contributed by atoms with E-state index in [1.165, 1.54) is 0 Å². The van der Waals surface area contributed by atoms with Gasteiger partial charge in [0.15, 0.2) is 5.78 Å². The van der Waals surface area contributed by atoms with Gasteiger partial charge in [-0.2, -0.15) is 0 Å². The minimum absolute atomic E-state index is 0.394. The number of ether oxygens (including phenoxy) is 2. The largest absolute Gasteiger partial charge is 0.465 e. The molecule has 10 heteroatoms. The van der Waals surface area contributed by atoms with E-state index in [0.29, 0.717) is 18.7 Å². The molecule has 29 heavy (non-hydrogen) atoms. The highest BCUT2D eigenvalue weighted by Crippen LogP contribution is 2.18. The molecule has 0 radical (unpaired) electrons. The number of Topliss-reactive ketones (excluding diaryl/α,β-unsaturated/α-hetero) is 1. The van der Waals surface area contributed by atoms with Crippen molar-refractivity contribution in [1.29, 1.82) is 0 Å². The van der Waals surface area contributed by atoms with E-state index in [0.717, 1.165) is 41.7 Å². The molecular formula is C19H23N3O7. The van der Waals surface area contributed by atoms with Gasteiger partial charge in [-0.3, -0.25) is 19.7 Å². The average molecular weight is 405 g/mol. The minimum Gasteiger partial charge on any atom is -0.465 e. The highest BCUT2D eigenvalue weighted by molar-refractivity contribution is 5.97. The zero-order chi connectivity index (χ0) is 21.7. The zero-order valence-corrected chi connectivity index (χ0v) is 16.8. The van der Waals surface area contributed by atoms with Gasteiger partial charge < -0.3 is 18.6 Å². The molecule has 156 valence electrons. The van der Waals surface area contributed by atoms with Crippen molar-refractivity contribution in [2.75, 3.05) is 20.8 Å². The Morgan fingerprint density at radius 3 is 2.45 bits per heavy atom. The van der Waals surface area contributed by atoms with Crippen LogP contribution >= 0.6 is 0 Å². The van der Waals surface area contributed by atoms with Crippen LogP contribution in [0.2, 0.25) is 0 Å². The fourth-order valence-electron chi connectivity index (χ4n) is 3.13. The normalized spacial score (nSPS) is 10.8. The standard InChI is InChI=1S/C19H23N3O7/c1-12-8-15(13(2)21(12)6-5-7-28-3)17(23)11-20-10-14(22(26)27)9-16(18(20)24)19(25)29-4/h8-10H,5-7,11H2,1-4H3. The molecule has 0 aliphatic heterocycles. The lowest BCUT2D eigenvalue weighted by Crippen LogP contribution is -2.29. The van der Waals surface area contributed by atoms with Gasteiger partial charge in [0.2, 0.25) is 0 Å². The van der Waals surface area contributed by atoms with Crippen molar-refractivity contribution in [2.45, 2.75) is 33.4 Å². The maximum absolute atomic E-state index is 12.8. The van der Waals surface area contributed by atoms with E-state index < -0.39 is 40.0 Å². The monoisotopic (exact) mass is 405 g/mol. The first kappa shape index (κ1) is 22.0. The molecule has 0 aliphatic carbocycles. The Morgan fingerprint density at radius 2 is 1.86 bits per heavy atom. The number of nitrogens with zero attached hydrogens (tertiary/aromatic N) is 3. The molecule has 0 unspecified atom stereocenters. The third-order valence-electron chi connectivity index (χ3n) is 4.61. The van der Waals surface area contributed by atoms with Gasteiger partial charge in [-0.25, -0.2) is 4.79 Å². The number of rotatable bonds is 9. The lowest BCUT2D eigenvalue weighted by Gasteiger charge is -2.10. The highest BCUT2D eigenvalue weighted by atomic mass is 16.6. The number of aryl methyl sites for hydroxylation is 1. The van der Waals surface area contributed by atoms with Crippen molar-refractivity contribution in [2.24, 2.45) is 0 Å². The van der Waals surface area contributed by atoms with Crippen molar-refractivity contribution in [1.82, 2.24) is 9.13 Å². The summed E-state index contributed by atoms with van der Waals surface area (Å²) in [6.07, 6.45) is 1.72. The summed E-state index contributed by atoms with van der Waals surface area (Å²) in [6, 6.07) is 2.56. The number of carbonyl (C=O) groups excluding carboxylic acids is 2. The lowest BCUT2D eigenvalue weighted by molar-refractivity contribution is -0.385. The Labute approximate surface area is 166 Å². The number of nitro groups is 1. The van der Waals surface area contributed by atoms with E-state index in [1.807, 2.05) is 11.5 Å². The summed E-state index contributed by atoms with van der Waals surface area (Å²) in [6.45, 7) is 4.48. The summed E-state index contributed by atoms with van der Waals surface area (Å²) in [5.41, 5.74) is 0.212. The number of ketones is 1. The second-order valence-corrected chi connectivity index (χ2v) is 6.50. The van der Waals surface area contributed by atoms with Gasteiger partial charge >= 0.3 is 5.97 Å². The molecular weight excluding hydrogens is 382 g/mol. The van der Waals surface area contributed by atoms with Crippen LogP contribution in [-0.2, 0) is 22.6 Å². The third-order valence-corrected chi connectivity index (χ3v) is 4.61. The number of carbonyl (C=O) groups is 2. The van der Waals surface area contributed by atoms with Crippen LogP contribution in [0.3, 0.4) is 0 Å². The zero-order valence-electron chi connectivity index (χ0n) is 16.8. The van der Waals surface area contributed by atoms with Crippen LogP contribution in [0.25, 0.3) is 0 Å². The molecule has 0 saturated heterocycles. The first-order valence-corrected chi connectivity index (χ1v) is 8.87. The molecule has 0 aliphatic rings. The van der Waals surface area contributed by atoms with Crippen LogP contribution in [0.15, 0.2) is 23.1 Å². The summed E-state index contributed by atoms with van der Waals surface area (Å²) in [4.78, 5) is 47.5. The predicted octanol–water partition coefficient (Wildman–Crippen LogP) is 1.88. The van der Waals surface area contributed by atoms with E-state index in [-0.39, 0.29) is 0 Å². The van der Waals surface area contributed by atoms with Gasteiger partial charge in [0, 0.05) is 43.3 Å². The van der Waals surface area contributed by atoms with Crippen molar-refractivity contribution in [3.63, 3.8) is 0 Å². The summed E-state index contributed by atoms with van der Waals surface area (Å²) in [7, 11) is 2.68. The van der Waals surface area contributed by atoms with Gasteiger partial charge in [-0.05, 0) is 26.3 Å². The van der Waals surface area contributed by atoms with E-state index >= 15 is 0 Å². The number of methoxy groups -OCH3 is 2. The second-order valence-electron chi connectivity index (χ2n) is 6.50. The first-order valence-electron chi connectivity index (χ1n) is 8.87. The predicted molar refractivity (Wildman–Crippen MR) is 103 cm³/mol. The lowest BCUT2D eigenvalue weighted by atomic mass is 10.1. The number of esters is 1. The van der Waals surface area contributed by atoms with E-state index in [1.54, 1.807) is 20.1 Å². The van der Waals surface area contributed by atoms with E-state index in [2.05, 4.69) is 4.74 Å². The van der Waals surface area contributed by atoms with Crippen LogP contribution in [0.4, 0.5) is 5.69 Å². The topological polar surface area (TPSA) is 123 Å². The van der Waals surface area contributed by atoms with Crippen molar-refractivity contribution in [3.8, 4) is 0 Å². The second kappa shape index (κ2) is 9.28. The minimum atomic E-state index is -1.00. The fraction of sp³-hybridized carbons (Fsp3) is 0.421. The fourth-order valence-corrected chi connectivity index (χ4v) is 3.13. The molecule has 0 atom stereocenters. The van der Waals surface area contributed by atoms with Gasteiger partial charge in [-0.1, -0.05) is 0 Å². The van der Waals surface area contributed by atoms with E-state index in [9.17, 15) is 24.5 Å². The van der Waals surface area contributed by atoms with Crippen LogP contribution in [0.1, 0.15) is 38.5 Å². The molecule has 0 aromatic carbocycles. The van der Waals surface area contributed by atoms with E-state index in [4.69, 9.17) is 4.74 Å². The molecule has 2 aromatic rings. The number of pyridine rings is 1. The van der Waals surface area contributed by atoms with Crippen LogP contribution < -0.4 is 5.56 Å². The van der Waals surface area contributed by atoms with Crippen LogP contribution in [0, 0.1) is 24.0 Å². The van der Waals surface area contributed by atoms with Crippen molar-refractivity contribution in [3.05, 3.63) is 61.3 Å². The van der Waals surface area contributed by atoms with Gasteiger partial charge in [0.05, 0.1) is 24.8 Å².